The summed E-state index contributed by atoms with van der Waals surface area (Å²) in [4.78, 5) is 27.4. The molecule has 29 heavy (non-hydrogen) atoms. The van der Waals surface area contributed by atoms with Gasteiger partial charge in [-0.05, 0) is 37.3 Å². The Bertz CT molecular complexity index is 913. The van der Waals surface area contributed by atoms with Gasteiger partial charge in [0.15, 0.2) is 0 Å². The first-order valence-electron chi connectivity index (χ1n) is 9.23. The Hall–Kier alpha value is -3.00. The van der Waals surface area contributed by atoms with Crippen LogP contribution >= 0.6 is 11.6 Å². The summed E-state index contributed by atoms with van der Waals surface area (Å²) >= 11 is 6.19. The highest BCUT2D eigenvalue weighted by molar-refractivity contribution is 6.32. The molecular formula is C20H22ClN3O5. The number of amides is 1. The molecule has 2 aromatic carbocycles. The molecule has 0 N–H and O–H groups in total. The molecule has 0 unspecified atom stereocenters. The number of halogens is 1. The number of ether oxygens (including phenoxy) is 2. The molecule has 1 aliphatic heterocycles. The molecule has 0 aliphatic carbocycles. The molecule has 0 saturated carbocycles. The number of hydrogen-bond acceptors (Lipinski definition) is 6. The van der Waals surface area contributed by atoms with Crippen molar-refractivity contribution in [2.75, 3.05) is 44.8 Å². The van der Waals surface area contributed by atoms with E-state index >= 15 is 0 Å². The first-order chi connectivity index (χ1) is 13.9. The van der Waals surface area contributed by atoms with E-state index in [-0.39, 0.29) is 11.6 Å². The number of rotatable bonds is 6. The van der Waals surface area contributed by atoms with Crippen molar-refractivity contribution in [3.05, 3.63) is 57.1 Å². The van der Waals surface area contributed by atoms with Crippen LogP contribution in [0.15, 0.2) is 36.4 Å². The van der Waals surface area contributed by atoms with Crippen molar-refractivity contribution >= 4 is 28.9 Å². The smallest absolute Gasteiger partial charge is 0.296 e. The number of hydrogen-bond donors (Lipinski definition) is 0. The molecule has 0 bridgehead atoms. The number of anilines is 1. The zero-order valence-corrected chi connectivity index (χ0v) is 17.0. The maximum Gasteiger partial charge on any atom is 0.296 e. The lowest BCUT2D eigenvalue weighted by Gasteiger charge is -2.36. The minimum Gasteiger partial charge on any atom is -0.496 e. The van der Waals surface area contributed by atoms with Crippen molar-refractivity contribution in [2.24, 2.45) is 0 Å². The molecule has 8 nitrogen and oxygen atoms in total. The fourth-order valence-corrected chi connectivity index (χ4v) is 3.52. The average molecular weight is 420 g/mol. The van der Waals surface area contributed by atoms with E-state index in [1.807, 2.05) is 11.8 Å². The third kappa shape index (κ3) is 4.54. The number of piperazine rings is 1. The molecule has 9 heteroatoms. The molecule has 0 spiro atoms. The summed E-state index contributed by atoms with van der Waals surface area (Å²) in [6.07, 6.45) is 0. The molecule has 1 heterocycles. The number of nitro benzene ring substituents is 1. The van der Waals surface area contributed by atoms with Crippen molar-refractivity contribution in [3.8, 4) is 11.5 Å². The van der Waals surface area contributed by atoms with E-state index < -0.39 is 4.92 Å². The Kier molecular flexibility index (Phi) is 6.43. The Labute approximate surface area is 173 Å². The lowest BCUT2D eigenvalue weighted by molar-refractivity contribution is -0.384. The van der Waals surface area contributed by atoms with Gasteiger partial charge in [-0.25, -0.2) is 0 Å². The van der Waals surface area contributed by atoms with Gasteiger partial charge in [0, 0.05) is 31.7 Å². The van der Waals surface area contributed by atoms with Crippen LogP contribution in [0.2, 0.25) is 5.02 Å². The van der Waals surface area contributed by atoms with E-state index in [1.165, 1.54) is 13.2 Å². The quantitative estimate of drug-likeness (QED) is 0.525. The molecule has 0 aromatic heterocycles. The second-order valence-corrected chi connectivity index (χ2v) is 6.88. The van der Waals surface area contributed by atoms with Crippen molar-refractivity contribution in [3.63, 3.8) is 0 Å². The van der Waals surface area contributed by atoms with Gasteiger partial charge in [-0.1, -0.05) is 11.6 Å². The minimum absolute atomic E-state index is 0.0116. The number of carbonyl (C=O) groups excluding carboxylic acids is 1. The van der Waals surface area contributed by atoms with E-state index in [9.17, 15) is 14.9 Å². The predicted molar refractivity (Wildman–Crippen MR) is 110 cm³/mol. The zero-order chi connectivity index (χ0) is 21.0. The Morgan fingerprint density at radius 3 is 2.48 bits per heavy atom. The molecule has 0 atom stereocenters. The molecule has 1 amide bonds. The molecule has 154 valence electrons. The fourth-order valence-electron chi connectivity index (χ4n) is 3.28. The van der Waals surface area contributed by atoms with E-state index in [0.717, 1.165) is 0 Å². The normalized spacial score (nSPS) is 13.9. The highest BCUT2D eigenvalue weighted by Gasteiger charge is 2.27. The lowest BCUT2D eigenvalue weighted by Crippen LogP contribution is -2.49. The van der Waals surface area contributed by atoms with Crippen molar-refractivity contribution in [2.45, 2.75) is 6.92 Å². The highest BCUT2D eigenvalue weighted by Crippen LogP contribution is 2.33. The molecular weight excluding hydrogens is 398 g/mol. The van der Waals surface area contributed by atoms with Gasteiger partial charge in [0.25, 0.3) is 11.6 Å². The van der Waals surface area contributed by atoms with Crippen LogP contribution in [0.5, 0.6) is 11.5 Å². The molecule has 2 aromatic rings. The third-order valence-electron chi connectivity index (χ3n) is 4.77. The Balaban J connectivity index is 1.70. The summed E-state index contributed by atoms with van der Waals surface area (Å²) in [5, 5.41) is 11.8. The number of methoxy groups -OCH3 is 1. The van der Waals surface area contributed by atoms with E-state index in [4.69, 9.17) is 21.1 Å². The van der Waals surface area contributed by atoms with E-state index in [0.29, 0.717) is 60.6 Å². The lowest BCUT2D eigenvalue weighted by atomic mass is 10.1. The predicted octanol–water partition coefficient (Wildman–Crippen LogP) is 3.62. The topological polar surface area (TPSA) is 85.2 Å². The molecule has 0 radical (unpaired) electrons. The van der Waals surface area contributed by atoms with E-state index in [2.05, 4.69) is 0 Å². The van der Waals surface area contributed by atoms with Crippen LogP contribution in [0.1, 0.15) is 17.3 Å². The van der Waals surface area contributed by atoms with Gasteiger partial charge >= 0.3 is 0 Å². The Morgan fingerprint density at radius 1 is 1.17 bits per heavy atom. The number of carbonyl (C=O) groups is 1. The fraction of sp³-hybridized carbons (Fsp3) is 0.350. The number of benzene rings is 2. The van der Waals surface area contributed by atoms with Crippen molar-refractivity contribution in [1.29, 1.82) is 0 Å². The van der Waals surface area contributed by atoms with Gasteiger partial charge < -0.3 is 19.3 Å². The summed E-state index contributed by atoms with van der Waals surface area (Å²) in [6.45, 7) is 4.24. The standard InChI is InChI=1S/C20H22ClN3O5/c1-3-29-19-7-4-14(12-16(19)21)20(25)23-10-8-22(9-11-23)17-6-5-15(28-2)13-18(17)24(26)27/h4-7,12-13H,3,8-11H2,1-2H3. The van der Waals surface area contributed by atoms with Crippen LogP contribution in [0.3, 0.4) is 0 Å². The zero-order valence-electron chi connectivity index (χ0n) is 16.3. The first-order valence-corrected chi connectivity index (χ1v) is 9.61. The summed E-state index contributed by atoms with van der Waals surface area (Å²) in [5.41, 5.74) is 0.997. The highest BCUT2D eigenvalue weighted by atomic mass is 35.5. The molecule has 1 saturated heterocycles. The molecule has 3 rings (SSSR count). The van der Waals surface area contributed by atoms with Crippen molar-refractivity contribution < 1.29 is 19.2 Å². The van der Waals surface area contributed by atoms with Gasteiger partial charge in [0.05, 0.1) is 29.7 Å². The summed E-state index contributed by atoms with van der Waals surface area (Å²) < 4.78 is 10.5. The third-order valence-corrected chi connectivity index (χ3v) is 5.06. The minimum atomic E-state index is -0.419. The Morgan fingerprint density at radius 2 is 1.90 bits per heavy atom. The average Bonchev–Trinajstić information content (AvgIpc) is 2.74. The van der Waals surface area contributed by atoms with Gasteiger partial charge in [0.1, 0.15) is 17.2 Å². The molecule has 1 fully saturated rings. The van der Waals surface area contributed by atoms with Gasteiger partial charge in [-0.2, -0.15) is 0 Å². The SMILES string of the molecule is CCOc1ccc(C(=O)N2CCN(c3ccc(OC)cc3[N+](=O)[O-])CC2)cc1Cl. The summed E-state index contributed by atoms with van der Waals surface area (Å²) in [5.74, 6) is 0.850. The van der Waals surface area contributed by atoms with Crippen LogP contribution in [-0.4, -0.2) is 55.6 Å². The summed E-state index contributed by atoms with van der Waals surface area (Å²) in [7, 11) is 1.47. The van der Waals surface area contributed by atoms with Crippen molar-refractivity contribution in [1.82, 2.24) is 4.90 Å². The van der Waals surface area contributed by atoms with Gasteiger partial charge in [0.2, 0.25) is 0 Å². The number of nitro groups is 1. The second-order valence-electron chi connectivity index (χ2n) is 6.47. The van der Waals surface area contributed by atoms with Crippen LogP contribution < -0.4 is 14.4 Å². The second kappa shape index (κ2) is 9.00. The maximum atomic E-state index is 12.8. The van der Waals surface area contributed by atoms with Crippen LogP contribution in [0, 0.1) is 10.1 Å². The largest absolute Gasteiger partial charge is 0.496 e. The van der Waals surface area contributed by atoms with Gasteiger partial charge in [-0.15, -0.1) is 0 Å². The van der Waals surface area contributed by atoms with E-state index in [1.54, 1.807) is 35.2 Å². The monoisotopic (exact) mass is 419 g/mol. The molecule has 1 aliphatic rings. The number of nitrogens with zero attached hydrogens (tertiary/aromatic N) is 3. The maximum absolute atomic E-state index is 12.8. The van der Waals surface area contributed by atoms with Crippen LogP contribution in [0.25, 0.3) is 0 Å². The van der Waals surface area contributed by atoms with Crippen LogP contribution in [0.4, 0.5) is 11.4 Å². The first kappa shape index (κ1) is 20.7. The van der Waals surface area contributed by atoms with Crippen LogP contribution in [-0.2, 0) is 0 Å². The van der Waals surface area contributed by atoms with Gasteiger partial charge in [-0.3, -0.25) is 14.9 Å². The summed E-state index contributed by atoms with van der Waals surface area (Å²) in [6, 6.07) is 9.78.